The van der Waals surface area contributed by atoms with E-state index in [1.54, 1.807) is 18.3 Å². The van der Waals surface area contributed by atoms with Gasteiger partial charge in [-0.1, -0.05) is 12.1 Å². The first-order valence-corrected chi connectivity index (χ1v) is 9.81. The maximum atomic E-state index is 10.9. The van der Waals surface area contributed by atoms with Crippen molar-refractivity contribution < 1.29 is 4.92 Å². The first-order valence-electron chi connectivity index (χ1n) is 8.22. The van der Waals surface area contributed by atoms with Crippen LogP contribution in [0, 0.1) is 24.0 Å². The van der Waals surface area contributed by atoms with E-state index >= 15 is 0 Å². The number of hydrogen-bond donors (Lipinski definition) is 1. The molecule has 2 aromatic carbocycles. The summed E-state index contributed by atoms with van der Waals surface area (Å²) in [6.45, 7) is 4.00. The Bertz CT molecular complexity index is 994. The van der Waals surface area contributed by atoms with Crippen LogP contribution in [0.15, 0.2) is 51.7 Å². The molecule has 0 spiro atoms. The molecular formula is C20H21Br2N3O2. The number of fused-ring (bicyclic) bond motifs is 1. The molecule has 0 atom stereocenters. The molecular weight excluding hydrogens is 474 g/mol. The Morgan fingerprint density at radius 1 is 1.04 bits per heavy atom. The van der Waals surface area contributed by atoms with Crippen LogP contribution in [0.1, 0.15) is 16.7 Å². The monoisotopic (exact) mass is 493 g/mol. The molecule has 0 radical (unpaired) electrons. The van der Waals surface area contributed by atoms with Crippen molar-refractivity contribution in [3.63, 3.8) is 0 Å². The number of hydrogen-bond acceptors (Lipinski definition) is 3. The van der Waals surface area contributed by atoms with E-state index in [1.807, 2.05) is 32.1 Å². The van der Waals surface area contributed by atoms with Gasteiger partial charge in [0.05, 0.1) is 10.5 Å². The largest absolute Gasteiger partial charge is 0.383 e. The molecule has 0 amide bonds. The molecule has 5 nitrogen and oxygen atoms in total. The standard InChI is InChI=1S/C11H13BrN2O2.C9H8BrN/c1-8-4-5-10(14(15)16)9(11(8)12)6-7-13(2)3;1-6-2-3-8-7(9(6)10)4-5-11-8/h4-7H,1-3H3;2-5,11H,1H3. The maximum Gasteiger partial charge on any atom is 0.277 e. The van der Waals surface area contributed by atoms with Gasteiger partial charge < -0.3 is 9.88 Å². The van der Waals surface area contributed by atoms with Crippen molar-refractivity contribution in [2.24, 2.45) is 0 Å². The second-order valence-electron chi connectivity index (χ2n) is 6.30. The summed E-state index contributed by atoms with van der Waals surface area (Å²) in [7, 11) is 3.73. The first-order chi connectivity index (χ1) is 12.7. The highest BCUT2D eigenvalue weighted by molar-refractivity contribution is 9.11. The molecule has 0 saturated carbocycles. The molecule has 0 bridgehead atoms. The van der Waals surface area contributed by atoms with Crippen LogP contribution in [0.4, 0.5) is 5.69 Å². The summed E-state index contributed by atoms with van der Waals surface area (Å²) in [5, 5.41) is 12.1. The maximum absolute atomic E-state index is 10.9. The average Bonchev–Trinajstić information content (AvgIpc) is 3.09. The van der Waals surface area contributed by atoms with Gasteiger partial charge in [-0.05, 0) is 81.2 Å². The summed E-state index contributed by atoms with van der Waals surface area (Å²) in [4.78, 5) is 15.5. The molecule has 0 aliphatic heterocycles. The predicted octanol–water partition coefficient (Wildman–Crippen LogP) is 6.44. The van der Waals surface area contributed by atoms with E-state index in [9.17, 15) is 10.1 Å². The van der Waals surface area contributed by atoms with Gasteiger partial charge in [-0.15, -0.1) is 0 Å². The number of nitrogens with zero attached hydrogens (tertiary/aromatic N) is 2. The average molecular weight is 495 g/mol. The number of benzene rings is 2. The molecule has 0 unspecified atom stereocenters. The van der Waals surface area contributed by atoms with Crippen LogP contribution in [0.3, 0.4) is 0 Å². The Morgan fingerprint density at radius 3 is 2.30 bits per heavy atom. The van der Waals surface area contributed by atoms with Crippen molar-refractivity contribution in [3.05, 3.63) is 78.5 Å². The van der Waals surface area contributed by atoms with Gasteiger partial charge in [-0.3, -0.25) is 10.1 Å². The number of aromatic amines is 1. The van der Waals surface area contributed by atoms with Crippen molar-refractivity contribution in [2.75, 3.05) is 14.1 Å². The fourth-order valence-corrected chi connectivity index (χ4v) is 3.38. The molecule has 1 aromatic heterocycles. The highest BCUT2D eigenvalue weighted by Gasteiger charge is 2.15. The zero-order valence-corrected chi connectivity index (χ0v) is 18.8. The third-order valence-corrected chi connectivity index (χ3v) is 6.05. The summed E-state index contributed by atoms with van der Waals surface area (Å²) in [6, 6.07) is 9.52. The topological polar surface area (TPSA) is 62.2 Å². The molecule has 0 aliphatic rings. The van der Waals surface area contributed by atoms with Crippen molar-refractivity contribution in [2.45, 2.75) is 13.8 Å². The highest BCUT2D eigenvalue weighted by atomic mass is 79.9. The number of H-pyrrole nitrogens is 1. The summed E-state index contributed by atoms with van der Waals surface area (Å²) in [5.74, 6) is 0. The Hall–Kier alpha value is -2.12. The number of rotatable bonds is 3. The summed E-state index contributed by atoms with van der Waals surface area (Å²) >= 11 is 6.92. The van der Waals surface area contributed by atoms with Gasteiger partial charge in [0.15, 0.2) is 0 Å². The molecule has 3 rings (SSSR count). The van der Waals surface area contributed by atoms with E-state index in [-0.39, 0.29) is 10.6 Å². The number of aromatic nitrogens is 1. The SMILES string of the molecule is Cc1ccc([N+](=O)[O-])c(C=CN(C)C)c1Br.Cc1ccc2[nH]ccc2c1Br. The molecule has 1 heterocycles. The number of aryl methyl sites for hydroxylation is 2. The number of nitro groups is 1. The minimum atomic E-state index is -0.375. The lowest BCUT2D eigenvalue weighted by molar-refractivity contribution is -0.385. The molecule has 7 heteroatoms. The molecule has 0 aliphatic carbocycles. The van der Waals surface area contributed by atoms with Gasteiger partial charge in [0.2, 0.25) is 0 Å². The first kappa shape index (κ1) is 21.2. The molecule has 27 heavy (non-hydrogen) atoms. The smallest absolute Gasteiger partial charge is 0.277 e. The summed E-state index contributed by atoms with van der Waals surface area (Å²) < 4.78 is 1.95. The van der Waals surface area contributed by atoms with Gasteiger partial charge in [0, 0.05) is 46.2 Å². The second-order valence-corrected chi connectivity index (χ2v) is 7.89. The van der Waals surface area contributed by atoms with Gasteiger partial charge in [0.1, 0.15) is 0 Å². The Balaban J connectivity index is 0.000000206. The van der Waals surface area contributed by atoms with E-state index in [1.165, 1.54) is 27.0 Å². The van der Waals surface area contributed by atoms with Crippen molar-refractivity contribution >= 4 is 54.5 Å². The van der Waals surface area contributed by atoms with E-state index in [0.717, 1.165) is 10.0 Å². The van der Waals surface area contributed by atoms with Crippen LogP contribution in [-0.2, 0) is 0 Å². The van der Waals surface area contributed by atoms with Crippen LogP contribution in [-0.4, -0.2) is 28.9 Å². The van der Waals surface area contributed by atoms with Gasteiger partial charge in [0.25, 0.3) is 5.69 Å². The number of nitro benzene ring substituents is 1. The summed E-state index contributed by atoms with van der Waals surface area (Å²) in [6.07, 6.45) is 5.47. The molecule has 0 fully saturated rings. The van der Waals surface area contributed by atoms with Crippen molar-refractivity contribution in [1.82, 2.24) is 9.88 Å². The third-order valence-electron chi connectivity index (χ3n) is 3.95. The lowest BCUT2D eigenvalue weighted by atomic mass is 10.1. The minimum Gasteiger partial charge on any atom is -0.383 e. The van der Waals surface area contributed by atoms with Crippen molar-refractivity contribution in [1.29, 1.82) is 0 Å². The molecule has 0 saturated heterocycles. The normalized spacial score (nSPS) is 10.7. The quantitative estimate of drug-likeness (QED) is 0.336. The van der Waals surface area contributed by atoms with Crippen LogP contribution in [0.25, 0.3) is 17.0 Å². The number of halogens is 2. The lowest BCUT2D eigenvalue weighted by Gasteiger charge is -2.06. The highest BCUT2D eigenvalue weighted by Crippen LogP contribution is 2.31. The lowest BCUT2D eigenvalue weighted by Crippen LogP contribution is -2.00. The van der Waals surface area contributed by atoms with Crippen molar-refractivity contribution in [3.8, 4) is 0 Å². The van der Waals surface area contributed by atoms with Crippen LogP contribution in [0.5, 0.6) is 0 Å². The summed E-state index contributed by atoms with van der Waals surface area (Å²) in [5.41, 5.74) is 4.14. The molecule has 3 aromatic rings. The predicted molar refractivity (Wildman–Crippen MR) is 119 cm³/mol. The zero-order chi connectivity index (χ0) is 20.1. The van der Waals surface area contributed by atoms with E-state index < -0.39 is 0 Å². The molecule has 142 valence electrons. The fourth-order valence-electron chi connectivity index (χ4n) is 2.44. The van der Waals surface area contributed by atoms with Crippen LogP contribution < -0.4 is 0 Å². The zero-order valence-electron chi connectivity index (χ0n) is 15.6. The fraction of sp³-hybridized carbons (Fsp3) is 0.200. The van der Waals surface area contributed by atoms with E-state index in [0.29, 0.717) is 5.56 Å². The van der Waals surface area contributed by atoms with Gasteiger partial charge >= 0.3 is 0 Å². The second kappa shape index (κ2) is 9.19. The Labute approximate surface area is 175 Å². The van der Waals surface area contributed by atoms with E-state index in [4.69, 9.17) is 0 Å². The molecule has 1 N–H and O–H groups in total. The number of nitrogens with one attached hydrogen (secondary N) is 1. The third kappa shape index (κ3) is 5.20. The van der Waals surface area contributed by atoms with E-state index in [2.05, 4.69) is 62.0 Å². The Morgan fingerprint density at radius 2 is 1.67 bits per heavy atom. The van der Waals surface area contributed by atoms with Crippen LogP contribution >= 0.6 is 31.9 Å². The minimum absolute atomic E-state index is 0.107. The Kier molecular flexibility index (Phi) is 7.21. The van der Waals surface area contributed by atoms with Gasteiger partial charge in [-0.2, -0.15) is 0 Å². The van der Waals surface area contributed by atoms with Crippen LogP contribution in [0.2, 0.25) is 0 Å². The van der Waals surface area contributed by atoms with Gasteiger partial charge in [-0.25, -0.2) is 0 Å².